The number of carbonyl (C=O) groups excluding carboxylic acids is 1. The van der Waals surface area contributed by atoms with Gasteiger partial charge in [0.1, 0.15) is 5.01 Å². The van der Waals surface area contributed by atoms with Gasteiger partial charge in [0.25, 0.3) is 5.91 Å². The van der Waals surface area contributed by atoms with Gasteiger partial charge < -0.3 is 10.1 Å². The van der Waals surface area contributed by atoms with Gasteiger partial charge in [-0.2, -0.15) is 0 Å². The van der Waals surface area contributed by atoms with Gasteiger partial charge in [0.2, 0.25) is 0 Å². The molecular weight excluding hydrogens is 324 g/mol. The first-order valence-electron chi connectivity index (χ1n) is 8.20. The Morgan fingerprint density at radius 2 is 2.21 bits per heavy atom. The summed E-state index contributed by atoms with van der Waals surface area (Å²) in [6.45, 7) is 4.26. The van der Waals surface area contributed by atoms with Crippen LogP contribution in [0.15, 0.2) is 36.1 Å². The number of amides is 1. The van der Waals surface area contributed by atoms with Crippen LogP contribution in [-0.4, -0.2) is 53.1 Å². The Hall–Kier alpha value is -1.83. The van der Waals surface area contributed by atoms with E-state index in [1.807, 2.05) is 11.6 Å². The van der Waals surface area contributed by atoms with Gasteiger partial charge in [0.05, 0.1) is 19.3 Å². The zero-order valence-electron chi connectivity index (χ0n) is 13.3. The minimum atomic E-state index is -0.0431. The van der Waals surface area contributed by atoms with Crippen LogP contribution in [0, 0.1) is 11.8 Å². The van der Waals surface area contributed by atoms with Crippen molar-refractivity contribution in [3.63, 3.8) is 0 Å². The van der Waals surface area contributed by atoms with Gasteiger partial charge in [0.15, 0.2) is 0 Å². The van der Waals surface area contributed by atoms with E-state index < -0.39 is 0 Å². The quantitative estimate of drug-likeness (QED) is 0.888. The molecule has 126 valence electrons. The zero-order chi connectivity index (χ0) is 16.4. The van der Waals surface area contributed by atoms with Crippen molar-refractivity contribution < 1.29 is 9.53 Å². The summed E-state index contributed by atoms with van der Waals surface area (Å²) >= 11 is 1.69. The second-order valence-corrected chi connectivity index (χ2v) is 7.34. The predicted octanol–water partition coefficient (Wildman–Crippen LogP) is 1.41. The second-order valence-electron chi connectivity index (χ2n) is 6.36. The van der Waals surface area contributed by atoms with Crippen LogP contribution in [0.5, 0.6) is 0 Å². The molecule has 2 aliphatic rings. The smallest absolute Gasteiger partial charge is 0.251 e. The van der Waals surface area contributed by atoms with Crippen molar-refractivity contribution in [3.05, 3.63) is 46.7 Å². The molecule has 0 unspecified atom stereocenters. The fourth-order valence-electron chi connectivity index (χ4n) is 3.57. The largest absolute Gasteiger partial charge is 0.376 e. The Morgan fingerprint density at radius 1 is 1.33 bits per heavy atom. The number of likely N-dealkylation sites (tertiary alicyclic amines) is 1. The number of fused-ring (bicyclic) bond motifs is 1. The molecule has 1 amide bonds. The number of hydrogen-bond donors (Lipinski definition) is 1. The molecule has 0 bridgehead atoms. The molecule has 0 spiro atoms. The van der Waals surface area contributed by atoms with E-state index in [4.69, 9.17) is 4.74 Å². The molecule has 2 fully saturated rings. The van der Waals surface area contributed by atoms with E-state index in [1.165, 1.54) is 0 Å². The van der Waals surface area contributed by atoms with Gasteiger partial charge in [-0.25, -0.2) is 4.98 Å². The third kappa shape index (κ3) is 3.33. The number of rotatable bonds is 5. The van der Waals surface area contributed by atoms with Crippen LogP contribution in [-0.2, 0) is 11.3 Å². The molecule has 0 saturated carbocycles. The highest BCUT2D eigenvalue weighted by atomic mass is 32.1. The first kappa shape index (κ1) is 15.7. The highest BCUT2D eigenvalue weighted by molar-refractivity contribution is 7.09. The second kappa shape index (κ2) is 6.96. The van der Waals surface area contributed by atoms with E-state index in [0.29, 0.717) is 23.9 Å². The summed E-state index contributed by atoms with van der Waals surface area (Å²) in [5.74, 6) is 0.822. The summed E-state index contributed by atoms with van der Waals surface area (Å²) in [5.41, 5.74) is 0.650. The summed E-state index contributed by atoms with van der Waals surface area (Å²) in [6.07, 6.45) is 5.41. The van der Waals surface area contributed by atoms with Gasteiger partial charge in [-0.15, -0.1) is 11.3 Å². The topological polar surface area (TPSA) is 67.3 Å². The molecule has 2 saturated heterocycles. The van der Waals surface area contributed by atoms with Crippen molar-refractivity contribution >= 4 is 17.2 Å². The van der Waals surface area contributed by atoms with Gasteiger partial charge in [-0.05, 0) is 12.1 Å². The number of ether oxygens (including phenoxy) is 1. The number of thiazole rings is 1. The molecule has 2 aromatic rings. The van der Waals surface area contributed by atoms with E-state index in [0.717, 1.165) is 31.2 Å². The van der Waals surface area contributed by atoms with Crippen LogP contribution < -0.4 is 5.32 Å². The van der Waals surface area contributed by atoms with E-state index in [2.05, 4.69) is 20.2 Å². The van der Waals surface area contributed by atoms with Gasteiger partial charge in [-0.1, -0.05) is 0 Å². The maximum atomic E-state index is 12.2. The lowest BCUT2D eigenvalue weighted by Gasteiger charge is -2.19. The Bertz CT molecular complexity index is 679. The van der Waals surface area contributed by atoms with Crippen LogP contribution >= 0.6 is 11.3 Å². The lowest BCUT2D eigenvalue weighted by molar-refractivity contribution is 0.0903. The van der Waals surface area contributed by atoms with Crippen molar-refractivity contribution in [1.82, 2.24) is 20.2 Å². The molecule has 3 atom stereocenters. The minimum Gasteiger partial charge on any atom is -0.376 e. The molecule has 0 aromatic carbocycles. The number of aromatic nitrogens is 2. The van der Waals surface area contributed by atoms with Gasteiger partial charge in [-0.3, -0.25) is 14.7 Å². The molecule has 4 heterocycles. The molecular formula is C17H20N4O2S. The summed E-state index contributed by atoms with van der Waals surface area (Å²) < 4.78 is 5.96. The molecule has 1 N–H and O–H groups in total. The van der Waals surface area contributed by atoms with Crippen molar-refractivity contribution in [2.75, 3.05) is 26.2 Å². The lowest BCUT2D eigenvalue weighted by atomic mass is 9.93. The van der Waals surface area contributed by atoms with Gasteiger partial charge >= 0.3 is 0 Å². The molecule has 2 aromatic heterocycles. The molecule has 0 radical (unpaired) electrons. The molecule has 24 heavy (non-hydrogen) atoms. The first-order valence-corrected chi connectivity index (χ1v) is 9.08. The number of hydrogen-bond acceptors (Lipinski definition) is 6. The summed E-state index contributed by atoms with van der Waals surface area (Å²) in [6, 6.07) is 3.46. The Kier molecular flexibility index (Phi) is 4.55. The monoisotopic (exact) mass is 344 g/mol. The number of pyridine rings is 1. The molecule has 7 heteroatoms. The minimum absolute atomic E-state index is 0.0431. The maximum absolute atomic E-state index is 12.2. The molecule has 4 rings (SSSR count). The lowest BCUT2D eigenvalue weighted by Crippen LogP contribution is -2.34. The fraction of sp³-hybridized carbons (Fsp3) is 0.471. The SMILES string of the molecule is O=C(NC[C@@H]1CO[C@@H]2CN(Cc3nccs3)C[C@H]12)c1ccncc1. The third-order valence-electron chi connectivity index (χ3n) is 4.82. The standard InChI is InChI=1S/C17H20N4O2S/c22-17(12-1-3-18-4-2-12)20-7-13-11-23-15-9-21(8-14(13)15)10-16-19-5-6-24-16/h1-6,13-15H,7-11H2,(H,20,22)/t13-,14-,15-/m1/s1. The Morgan fingerprint density at radius 3 is 3.00 bits per heavy atom. The highest BCUT2D eigenvalue weighted by Crippen LogP contribution is 2.34. The highest BCUT2D eigenvalue weighted by Gasteiger charge is 2.43. The van der Waals surface area contributed by atoms with Crippen molar-refractivity contribution in [3.8, 4) is 0 Å². The summed E-state index contributed by atoms with van der Waals surface area (Å²) in [7, 11) is 0. The fourth-order valence-corrected chi connectivity index (χ4v) is 4.23. The maximum Gasteiger partial charge on any atom is 0.251 e. The summed E-state index contributed by atoms with van der Waals surface area (Å²) in [4.78, 5) is 22.9. The summed E-state index contributed by atoms with van der Waals surface area (Å²) in [5, 5.41) is 6.20. The van der Waals surface area contributed by atoms with Crippen LogP contribution in [0.3, 0.4) is 0 Å². The van der Waals surface area contributed by atoms with E-state index in [1.54, 1.807) is 35.9 Å². The van der Waals surface area contributed by atoms with Crippen LogP contribution in [0.4, 0.5) is 0 Å². The average Bonchev–Trinajstić information content (AvgIpc) is 3.32. The number of carbonyl (C=O) groups is 1. The molecule has 0 aliphatic carbocycles. The number of nitrogens with one attached hydrogen (secondary N) is 1. The van der Waals surface area contributed by atoms with Crippen LogP contribution in [0.25, 0.3) is 0 Å². The van der Waals surface area contributed by atoms with Crippen molar-refractivity contribution in [1.29, 1.82) is 0 Å². The first-order chi connectivity index (χ1) is 11.8. The van der Waals surface area contributed by atoms with E-state index in [-0.39, 0.29) is 12.0 Å². The van der Waals surface area contributed by atoms with Crippen LogP contribution in [0.2, 0.25) is 0 Å². The van der Waals surface area contributed by atoms with Crippen molar-refractivity contribution in [2.24, 2.45) is 11.8 Å². The average molecular weight is 344 g/mol. The normalized spacial score (nSPS) is 26.4. The van der Waals surface area contributed by atoms with Crippen molar-refractivity contribution in [2.45, 2.75) is 12.6 Å². The zero-order valence-corrected chi connectivity index (χ0v) is 14.1. The molecule has 2 aliphatic heterocycles. The molecule has 6 nitrogen and oxygen atoms in total. The van der Waals surface area contributed by atoms with E-state index in [9.17, 15) is 4.79 Å². The van der Waals surface area contributed by atoms with Gasteiger partial charge in [0, 0.05) is 61.0 Å². The third-order valence-corrected chi connectivity index (χ3v) is 5.59. The van der Waals surface area contributed by atoms with E-state index >= 15 is 0 Å². The Labute approximate surface area is 144 Å². The predicted molar refractivity (Wildman–Crippen MR) is 90.7 cm³/mol. The Balaban J connectivity index is 1.30. The number of nitrogens with zero attached hydrogens (tertiary/aromatic N) is 3. The van der Waals surface area contributed by atoms with Crippen LogP contribution in [0.1, 0.15) is 15.4 Å².